The second-order valence-corrected chi connectivity index (χ2v) is 4.68. The number of rotatable bonds is 4. The summed E-state index contributed by atoms with van der Waals surface area (Å²) in [6.07, 6.45) is 0.0493. The summed E-state index contributed by atoms with van der Waals surface area (Å²) in [7, 11) is 0. The van der Waals surface area contributed by atoms with Gasteiger partial charge in [0.15, 0.2) is 0 Å². The lowest BCUT2D eigenvalue weighted by molar-refractivity contribution is -0.115. The number of hydrogen-bond donors (Lipinski definition) is 2. The van der Waals surface area contributed by atoms with E-state index in [1.807, 2.05) is 19.1 Å². The summed E-state index contributed by atoms with van der Waals surface area (Å²) in [5.41, 5.74) is 1.27. The van der Waals surface area contributed by atoms with Gasteiger partial charge in [0, 0.05) is 0 Å². The molecular formula is C16H14FNO3. The number of nitrogens with one attached hydrogen (secondary N) is 1. The number of hydrogen-bond acceptors (Lipinski definition) is 2. The molecule has 0 aliphatic rings. The van der Waals surface area contributed by atoms with Crippen LogP contribution in [0.2, 0.25) is 0 Å². The quantitative estimate of drug-likeness (QED) is 0.908. The molecule has 0 aliphatic heterocycles. The van der Waals surface area contributed by atoms with Crippen LogP contribution in [0.15, 0.2) is 42.5 Å². The molecule has 0 heterocycles. The Balaban J connectivity index is 2.16. The van der Waals surface area contributed by atoms with Crippen LogP contribution >= 0.6 is 0 Å². The second-order valence-electron chi connectivity index (χ2n) is 4.68. The lowest BCUT2D eigenvalue weighted by Crippen LogP contribution is -2.18. The third kappa shape index (κ3) is 3.66. The highest BCUT2D eigenvalue weighted by molar-refractivity contribution is 6.01. The number of carbonyl (C=O) groups is 2. The molecule has 2 rings (SSSR count). The summed E-state index contributed by atoms with van der Waals surface area (Å²) < 4.78 is 13.7. The highest BCUT2D eigenvalue weighted by atomic mass is 19.1. The summed E-state index contributed by atoms with van der Waals surface area (Å²) in [4.78, 5) is 23.0. The number of anilines is 1. The fourth-order valence-corrected chi connectivity index (χ4v) is 1.90. The standard InChI is InChI=1S/C16H14FNO3/c1-10-5-7-11(8-6-10)9-14(19)18-15-12(16(20)21)3-2-4-13(15)17/h2-8H,9H2,1H3,(H,18,19)(H,20,21). The molecule has 0 bridgehead atoms. The molecule has 0 atom stereocenters. The van der Waals surface area contributed by atoms with Crippen LogP contribution in [0.3, 0.4) is 0 Å². The molecule has 0 fully saturated rings. The summed E-state index contributed by atoms with van der Waals surface area (Å²) in [5, 5.41) is 11.3. The molecule has 2 aromatic rings. The molecule has 0 radical (unpaired) electrons. The molecule has 21 heavy (non-hydrogen) atoms. The average molecular weight is 287 g/mol. The second kappa shape index (κ2) is 6.17. The Bertz CT molecular complexity index is 680. The van der Waals surface area contributed by atoms with Crippen molar-refractivity contribution in [1.29, 1.82) is 0 Å². The molecule has 0 aromatic heterocycles. The van der Waals surface area contributed by atoms with Crippen LogP contribution in [-0.2, 0) is 11.2 Å². The lowest BCUT2D eigenvalue weighted by Gasteiger charge is -2.09. The van der Waals surface area contributed by atoms with Crippen molar-refractivity contribution in [1.82, 2.24) is 0 Å². The van der Waals surface area contributed by atoms with Gasteiger partial charge >= 0.3 is 5.97 Å². The first kappa shape index (κ1) is 14.7. The minimum absolute atomic E-state index is 0.0493. The molecule has 2 aromatic carbocycles. The van der Waals surface area contributed by atoms with Crippen molar-refractivity contribution in [2.24, 2.45) is 0 Å². The Hall–Kier alpha value is -2.69. The maximum Gasteiger partial charge on any atom is 0.337 e. The van der Waals surface area contributed by atoms with E-state index in [-0.39, 0.29) is 17.7 Å². The van der Waals surface area contributed by atoms with Gasteiger partial charge in [0.2, 0.25) is 5.91 Å². The fourth-order valence-electron chi connectivity index (χ4n) is 1.90. The molecule has 0 spiro atoms. The predicted octanol–water partition coefficient (Wildman–Crippen LogP) is 3.01. The number of benzene rings is 2. The van der Waals surface area contributed by atoms with Crippen LogP contribution in [0.1, 0.15) is 21.5 Å². The minimum atomic E-state index is -1.29. The fraction of sp³-hybridized carbons (Fsp3) is 0.125. The summed E-state index contributed by atoms with van der Waals surface area (Å²) in [6.45, 7) is 1.93. The lowest BCUT2D eigenvalue weighted by atomic mass is 10.1. The van der Waals surface area contributed by atoms with Crippen molar-refractivity contribution >= 4 is 17.6 Å². The van der Waals surface area contributed by atoms with Crippen molar-refractivity contribution < 1.29 is 19.1 Å². The summed E-state index contributed by atoms with van der Waals surface area (Å²) >= 11 is 0. The molecule has 2 N–H and O–H groups in total. The van der Waals surface area contributed by atoms with E-state index in [9.17, 15) is 14.0 Å². The van der Waals surface area contributed by atoms with E-state index in [1.165, 1.54) is 12.1 Å². The van der Waals surface area contributed by atoms with Crippen LogP contribution < -0.4 is 5.32 Å². The smallest absolute Gasteiger partial charge is 0.337 e. The number of halogens is 1. The van der Waals surface area contributed by atoms with Gasteiger partial charge in [-0.05, 0) is 24.6 Å². The number of para-hydroxylation sites is 1. The van der Waals surface area contributed by atoms with Gasteiger partial charge in [-0.1, -0.05) is 35.9 Å². The van der Waals surface area contributed by atoms with Gasteiger partial charge in [0.1, 0.15) is 5.82 Å². The van der Waals surface area contributed by atoms with Crippen LogP contribution in [0.4, 0.5) is 10.1 Å². The van der Waals surface area contributed by atoms with E-state index in [1.54, 1.807) is 12.1 Å². The third-order valence-corrected chi connectivity index (χ3v) is 2.99. The average Bonchev–Trinajstić information content (AvgIpc) is 2.43. The molecule has 4 nitrogen and oxygen atoms in total. The van der Waals surface area contributed by atoms with E-state index < -0.39 is 17.7 Å². The summed E-state index contributed by atoms with van der Waals surface area (Å²) in [6, 6.07) is 11.0. The largest absolute Gasteiger partial charge is 0.478 e. The molecule has 0 saturated heterocycles. The third-order valence-electron chi connectivity index (χ3n) is 2.99. The van der Waals surface area contributed by atoms with Crippen LogP contribution in [-0.4, -0.2) is 17.0 Å². The zero-order chi connectivity index (χ0) is 15.4. The molecule has 1 amide bonds. The Labute approximate surface area is 121 Å². The number of aryl methyl sites for hydroxylation is 1. The first-order valence-electron chi connectivity index (χ1n) is 6.34. The number of carbonyl (C=O) groups excluding carboxylic acids is 1. The van der Waals surface area contributed by atoms with Crippen molar-refractivity contribution in [3.05, 3.63) is 65.0 Å². The van der Waals surface area contributed by atoms with Crippen molar-refractivity contribution in [2.75, 3.05) is 5.32 Å². The monoisotopic (exact) mass is 287 g/mol. The van der Waals surface area contributed by atoms with E-state index in [0.29, 0.717) is 0 Å². The van der Waals surface area contributed by atoms with E-state index in [2.05, 4.69) is 5.32 Å². The number of aromatic carboxylic acids is 1. The number of amides is 1. The van der Waals surface area contributed by atoms with Gasteiger partial charge < -0.3 is 10.4 Å². The maximum absolute atomic E-state index is 13.7. The minimum Gasteiger partial charge on any atom is -0.478 e. The van der Waals surface area contributed by atoms with Crippen LogP contribution in [0.25, 0.3) is 0 Å². The zero-order valence-corrected chi connectivity index (χ0v) is 11.4. The van der Waals surface area contributed by atoms with Crippen molar-refractivity contribution in [2.45, 2.75) is 13.3 Å². The Morgan fingerprint density at radius 1 is 1.14 bits per heavy atom. The molecule has 0 aliphatic carbocycles. The van der Waals surface area contributed by atoms with Gasteiger partial charge in [-0.15, -0.1) is 0 Å². The van der Waals surface area contributed by atoms with E-state index in [0.717, 1.165) is 17.2 Å². The van der Waals surface area contributed by atoms with Gasteiger partial charge in [-0.2, -0.15) is 0 Å². The Morgan fingerprint density at radius 2 is 1.81 bits per heavy atom. The predicted molar refractivity (Wildman–Crippen MR) is 76.9 cm³/mol. The van der Waals surface area contributed by atoms with Crippen LogP contribution in [0.5, 0.6) is 0 Å². The normalized spacial score (nSPS) is 10.2. The van der Waals surface area contributed by atoms with Crippen molar-refractivity contribution in [3.63, 3.8) is 0 Å². The van der Waals surface area contributed by atoms with Crippen molar-refractivity contribution in [3.8, 4) is 0 Å². The molecular weight excluding hydrogens is 273 g/mol. The maximum atomic E-state index is 13.7. The van der Waals surface area contributed by atoms with Gasteiger partial charge in [0.25, 0.3) is 0 Å². The van der Waals surface area contributed by atoms with E-state index in [4.69, 9.17) is 5.11 Å². The first-order valence-corrected chi connectivity index (χ1v) is 6.34. The van der Waals surface area contributed by atoms with Gasteiger partial charge in [-0.3, -0.25) is 4.79 Å². The number of carboxylic acids is 1. The first-order chi connectivity index (χ1) is 9.97. The summed E-state index contributed by atoms with van der Waals surface area (Å²) in [5.74, 6) is -2.53. The van der Waals surface area contributed by atoms with Gasteiger partial charge in [0.05, 0.1) is 17.7 Å². The topological polar surface area (TPSA) is 66.4 Å². The number of carboxylic acid groups (broad SMARTS) is 1. The van der Waals surface area contributed by atoms with E-state index >= 15 is 0 Å². The SMILES string of the molecule is Cc1ccc(CC(=O)Nc2c(F)cccc2C(=O)O)cc1. The van der Waals surface area contributed by atoms with Gasteiger partial charge in [-0.25, -0.2) is 9.18 Å². The molecule has 0 unspecified atom stereocenters. The Kier molecular flexibility index (Phi) is 4.33. The molecule has 5 heteroatoms. The zero-order valence-electron chi connectivity index (χ0n) is 11.4. The Morgan fingerprint density at radius 3 is 2.43 bits per heavy atom. The molecule has 0 saturated carbocycles. The molecule has 108 valence electrons. The van der Waals surface area contributed by atoms with Crippen LogP contribution in [0, 0.1) is 12.7 Å². The highest BCUT2D eigenvalue weighted by Gasteiger charge is 2.16. The highest BCUT2D eigenvalue weighted by Crippen LogP contribution is 2.20.